The van der Waals surface area contributed by atoms with Crippen LogP contribution in [-0.2, 0) is 11.0 Å². The summed E-state index contributed by atoms with van der Waals surface area (Å²) in [7, 11) is 0. The van der Waals surface area contributed by atoms with Crippen molar-refractivity contribution < 1.29 is 18.0 Å². The van der Waals surface area contributed by atoms with Crippen LogP contribution in [0.5, 0.6) is 0 Å². The second-order valence-electron chi connectivity index (χ2n) is 8.79. The van der Waals surface area contributed by atoms with Crippen molar-refractivity contribution in [3.8, 4) is 0 Å². The zero-order chi connectivity index (χ0) is 20.1. The van der Waals surface area contributed by atoms with E-state index in [0.29, 0.717) is 6.42 Å². The largest absolute Gasteiger partial charge is 0.416 e. The van der Waals surface area contributed by atoms with E-state index in [1.807, 2.05) is 0 Å². The third-order valence-corrected chi connectivity index (χ3v) is 7.02. The molecule has 8 heteroatoms. The summed E-state index contributed by atoms with van der Waals surface area (Å²) in [6.45, 7) is 0. The van der Waals surface area contributed by atoms with Crippen molar-refractivity contribution in [3.63, 3.8) is 0 Å². The van der Waals surface area contributed by atoms with Crippen molar-refractivity contribution in [2.75, 3.05) is 5.32 Å². The molecular weight excluding hydrogens is 409 g/mol. The first kappa shape index (κ1) is 20.0. The van der Waals surface area contributed by atoms with Crippen LogP contribution in [0.3, 0.4) is 0 Å². The maximum absolute atomic E-state index is 12.7. The SMILES string of the molecule is O=C(CC12CC3CC(CC(C3)C1)C2)NC(=S)Nc1ccc(C(F)(F)F)cc1Cl. The minimum absolute atomic E-state index is 0.0522. The number of amides is 1. The molecule has 4 aliphatic carbocycles. The quantitative estimate of drug-likeness (QED) is 0.597. The average molecular weight is 431 g/mol. The highest BCUT2D eigenvalue weighted by Crippen LogP contribution is 2.61. The lowest BCUT2D eigenvalue weighted by molar-refractivity contribution is -0.137. The van der Waals surface area contributed by atoms with Gasteiger partial charge < -0.3 is 10.6 Å². The first-order valence-electron chi connectivity index (χ1n) is 9.59. The van der Waals surface area contributed by atoms with Gasteiger partial charge in [-0.3, -0.25) is 4.79 Å². The fourth-order valence-electron chi connectivity index (χ4n) is 5.96. The second-order valence-corrected chi connectivity index (χ2v) is 9.60. The maximum Gasteiger partial charge on any atom is 0.416 e. The summed E-state index contributed by atoms with van der Waals surface area (Å²) in [5, 5.41) is 5.35. The van der Waals surface area contributed by atoms with Gasteiger partial charge in [-0.2, -0.15) is 13.2 Å². The number of thiocarbonyl (C=S) groups is 1. The lowest BCUT2D eigenvalue weighted by Gasteiger charge is -2.56. The van der Waals surface area contributed by atoms with Crippen molar-refractivity contribution in [2.45, 2.75) is 51.1 Å². The molecule has 4 bridgehead atoms. The first-order chi connectivity index (χ1) is 13.1. The van der Waals surface area contributed by atoms with Crippen molar-refractivity contribution in [3.05, 3.63) is 28.8 Å². The van der Waals surface area contributed by atoms with Crippen molar-refractivity contribution in [1.82, 2.24) is 5.32 Å². The number of halogens is 4. The van der Waals surface area contributed by atoms with E-state index in [1.54, 1.807) is 0 Å². The minimum Gasteiger partial charge on any atom is -0.331 e. The lowest BCUT2D eigenvalue weighted by atomic mass is 9.49. The number of carbonyl (C=O) groups excluding carboxylic acids is 1. The number of hydrogen-bond acceptors (Lipinski definition) is 2. The van der Waals surface area contributed by atoms with Gasteiger partial charge >= 0.3 is 6.18 Å². The van der Waals surface area contributed by atoms with Gasteiger partial charge in [-0.25, -0.2) is 0 Å². The van der Waals surface area contributed by atoms with Crippen LogP contribution in [0.1, 0.15) is 50.5 Å². The number of alkyl halides is 3. The molecule has 0 spiro atoms. The van der Waals surface area contributed by atoms with Gasteiger partial charge in [-0.05, 0) is 92.1 Å². The van der Waals surface area contributed by atoms with Crippen LogP contribution in [-0.4, -0.2) is 11.0 Å². The second kappa shape index (κ2) is 7.17. The van der Waals surface area contributed by atoms with Gasteiger partial charge in [0.1, 0.15) is 0 Å². The smallest absolute Gasteiger partial charge is 0.331 e. The Morgan fingerprint density at radius 3 is 2.21 bits per heavy atom. The summed E-state index contributed by atoms with van der Waals surface area (Å²) < 4.78 is 38.2. The van der Waals surface area contributed by atoms with E-state index in [1.165, 1.54) is 25.3 Å². The molecule has 4 aliphatic rings. The molecule has 0 saturated heterocycles. The molecule has 0 atom stereocenters. The maximum atomic E-state index is 12.7. The van der Waals surface area contributed by atoms with Crippen molar-refractivity contribution in [2.24, 2.45) is 23.2 Å². The van der Waals surface area contributed by atoms with Gasteiger partial charge in [0, 0.05) is 6.42 Å². The number of benzene rings is 1. The number of nitrogens with one attached hydrogen (secondary N) is 2. The van der Waals surface area contributed by atoms with Crippen LogP contribution < -0.4 is 10.6 Å². The van der Waals surface area contributed by atoms with Gasteiger partial charge in [-0.15, -0.1) is 0 Å². The van der Waals surface area contributed by atoms with Crippen LogP contribution in [0.2, 0.25) is 5.02 Å². The molecule has 2 N–H and O–H groups in total. The molecule has 0 unspecified atom stereocenters. The molecule has 1 amide bonds. The third kappa shape index (κ3) is 4.15. The molecule has 0 aliphatic heterocycles. The van der Waals surface area contributed by atoms with Gasteiger partial charge in [0.2, 0.25) is 5.91 Å². The zero-order valence-electron chi connectivity index (χ0n) is 15.2. The topological polar surface area (TPSA) is 41.1 Å². The van der Waals surface area contributed by atoms with Crippen molar-refractivity contribution >= 4 is 40.5 Å². The molecule has 0 heterocycles. The Bertz CT molecular complexity index is 776. The molecule has 0 radical (unpaired) electrons. The number of rotatable bonds is 3. The lowest BCUT2D eigenvalue weighted by Crippen LogP contribution is -2.48. The van der Waals surface area contributed by atoms with Crippen LogP contribution in [0, 0.1) is 23.2 Å². The molecule has 3 nitrogen and oxygen atoms in total. The summed E-state index contributed by atoms with van der Waals surface area (Å²) >= 11 is 11.1. The summed E-state index contributed by atoms with van der Waals surface area (Å²) in [5.74, 6) is 2.14. The predicted molar refractivity (Wildman–Crippen MR) is 106 cm³/mol. The van der Waals surface area contributed by atoms with E-state index in [9.17, 15) is 18.0 Å². The molecule has 28 heavy (non-hydrogen) atoms. The molecular formula is C20H22ClF3N2OS. The van der Waals surface area contributed by atoms with Gasteiger partial charge in [0.15, 0.2) is 5.11 Å². The van der Waals surface area contributed by atoms with E-state index >= 15 is 0 Å². The van der Waals surface area contributed by atoms with Crippen LogP contribution in [0.15, 0.2) is 18.2 Å². The van der Waals surface area contributed by atoms with E-state index in [2.05, 4.69) is 10.6 Å². The van der Waals surface area contributed by atoms with Gasteiger partial charge in [-0.1, -0.05) is 11.6 Å². The Morgan fingerprint density at radius 1 is 1.14 bits per heavy atom. The fourth-order valence-corrected chi connectivity index (χ4v) is 6.42. The molecule has 1 aromatic rings. The standard InChI is InChI=1S/C20H22ClF3N2OS/c21-15-6-14(20(22,23)24)1-2-16(15)25-18(28)26-17(27)10-19-7-11-3-12(8-19)5-13(4-11)9-19/h1-2,6,11-13H,3-5,7-10H2,(H2,25,26,27,28). The average Bonchev–Trinajstić information content (AvgIpc) is 2.53. The number of hydrogen-bond donors (Lipinski definition) is 2. The highest BCUT2D eigenvalue weighted by Gasteiger charge is 2.51. The Kier molecular flexibility index (Phi) is 5.11. The van der Waals surface area contributed by atoms with E-state index in [-0.39, 0.29) is 27.1 Å². The van der Waals surface area contributed by atoms with Crippen molar-refractivity contribution in [1.29, 1.82) is 0 Å². The molecule has 4 saturated carbocycles. The van der Waals surface area contributed by atoms with Crippen LogP contribution in [0.25, 0.3) is 0 Å². The summed E-state index contributed by atoms with van der Waals surface area (Å²) in [6, 6.07) is 2.97. The highest BCUT2D eigenvalue weighted by molar-refractivity contribution is 7.80. The normalized spacial score (nSPS) is 30.9. The van der Waals surface area contributed by atoms with Crippen LogP contribution >= 0.6 is 23.8 Å². The molecule has 5 rings (SSSR count). The Hall–Kier alpha value is -1.34. The molecule has 0 aromatic heterocycles. The Labute approximate surface area is 172 Å². The molecule has 1 aromatic carbocycles. The van der Waals surface area contributed by atoms with E-state index < -0.39 is 11.7 Å². The number of anilines is 1. The fraction of sp³-hybridized carbons (Fsp3) is 0.600. The zero-order valence-corrected chi connectivity index (χ0v) is 16.8. The van der Waals surface area contributed by atoms with Gasteiger partial charge in [0.25, 0.3) is 0 Å². The Morgan fingerprint density at radius 2 is 1.71 bits per heavy atom. The third-order valence-electron chi connectivity index (χ3n) is 6.50. The van der Waals surface area contributed by atoms with Gasteiger partial charge in [0.05, 0.1) is 16.3 Å². The van der Waals surface area contributed by atoms with Crippen LogP contribution in [0.4, 0.5) is 18.9 Å². The highest BCUT2D eigenvalue weighted by atomic mass is 35.5. The Balaban J connectivity index is 1.35. The van der Waals surface area contributed by atoms with E-state index in [0.717, 1.165) is 49.1 Å². The molecule has 152 valence electrons. The summed E-state index contributed by atoms with van der Waals surface area (Å²) in [5.41, 5.74) is -0.505. The predicted octanol–water partition coefficient (Wildman–Crippen LogP) is 5.78. The first-order valence-corrected chi connectivity index (χ1v) is 10.4. The minimum atomic E-state index is -4.46. The monoisotopic (exact) mass is 430 g/mol. The van der Waals surface area contributed by atoms with E-state index in [4.69, 9.17) is 23.8 Å². The molecule has 4 fully saturated rings. The number of carbonyl (C=O) groups is 1. The summed E-state index contributed by atoms with van der Waals surface area (Å²) in [6.07, 6.45) is 3.30. The summed E-state index contributed by atoms with van der Waals surface area (Å²) in [4.78, 5) is 12.6.